The molecule has 21 heavy (non-hydrogen) atoms. The summed E-state index contributed by atoms with van der Waals surface area (Å²) in [4.78, 5) is 24.6. The summed E-state index contributed by atoms with van der Waals surface area (Å²) in [5, 5.41) is 9.08. The smallest absolute Gasteiger partial charge is 0.308 e. The highest BCUT2D eigenvalue weighted by atomic mass is 79.9. The summed E-state index contributed by atoms with van der Waals surface area (Å²) < 4.78 is 27.9. The van der Waals surface area contributed by atoms with Crippen molar-refractivity contribution in [2.45, 2.75) is 13.3 Å². The number of carbonyl (C=O) groups excluding carboxylic acids is 1. The van der Waals surface area contributed by atoms with Crippen LogP contribution in [0, 0.1) is 23.5 Å². The summed E-state index contributed by atoms with van der Waals surface area (Å²) in [6.45, 7) is 2.06. The Morgan fingerprint density at radius 1 is 1.29 bits per heavy atom. The van der Waals surface area contributed by atoms with Gasteiger partial charge in [0.15, 0.2) is 0 Å². The Hall–Kier alpha value is -1.50. The van der Waals surface area contributed by atoms with E-state index in [1.807, 2.05) is 6.92 Å². The van der Waals surface area contributed by atoms with Gasteiger partial charge in [-0.2, -0.15) is 0 Å². The van der Waals surface area contributed by atoms with E-state index in [9.17, 15) is 18.4 Å². The second-order valence-electron chi connectivity index (χ2n) is 5.33. The van der Waals surface area contributed by atoms with Crippen LogP contribution in [0.4, 0.5) is 8.78 Å². The third-order valence-corrected chi connectivity index (χ3v) is 3.97. The molecule has 1 aliphatic heterocycles. The van der Waals surface area contributed by atoms with Crippen LogP contribution in [-0.4, -0.2) is 35.0 Å². The number of carbonyl (C=O) groups is 2. The van der Waals surface area contributed by atoms with Crippen molar-refractivity contribution in [3.8, 4) is 0 Å². The maximum absolute atomic E-state index is 13.8. The molecule has 0 spiro atoms. The van der Waals surface area contributed by atoms with Gasteiger partial charge in [-0.3, -0.25) is 9.59 Å². The first-order chi connectivity index (χ1) is 9.79. The van der Waals surface area contributed by atoms with Gasteiger partial charge in [-0.15, -0.1) is 0 Å². The van der Waals surface area contributed by atoms with E-state index in [1.165, 1.54) is 4.90 Å². The summed E-state index contributed by atoms with van der Waals surface area (Å²) in [5.41, 5.74) is -0.642. The van der Waals surface area contributed by atoms with Crippen molar-refractivity contribution in [1.82, 2.24) is 4.90 Å². The van der Waals surface area contributed by atoms with Crippen LogP contribution in [0.1, 0.15) is 23.7 Å². The zero-order chi connectivity index (χ0) is 15.7. The molecule has 2 unspecified atom stereocenters. The Morgan fingerprint density at radius 3 is 2.38 bits per heavy atom. The highest BCUT2D eigenvalue weighted by Crippen LogP contribution is 2.26. The summed E-state index contributed by atoms with van der Waals surface area (Å²) in [6.07, 6.45) is 0.449. The van der Waals surface area contributed by atoms with E-state index in [0.29, 0.717) is 6.42 Å². The number of likely N-dealkylation sites (tertiary alicyclic amines) is 1. The lowest BCUT2D eigenvalue weighted by Gasteiger charge is -2.34. The lowest BCUT2D eigenvalue weighted by Crippen LogP contribution is -2.46. The van der Waals surface area contributed by atoms with Crippen LogP contribution in [0.15, 0.2) is 16.6 Å². The fraction of sp³-hybridized carbons (Fsp3) is 0.429. The molecular weight excluding hydrogens is 348 g/mol. The SMILES string of the molecule is CC1CC(C(=O)O)CN(C(=O)c2c(F)cc(Br)cc2F)C1. The number of piperidine rings is 1. The van der Waals surface area contributed by atoms with E-state index in [-0.39, 0.29) is 23.5 Å². The van der Waals surface area contributed by atoms with E-state index in [1.54, 1.807) is 0 Å². The topological polar surface area (TPSA) is 57.6 Å². The number of carboxylic acid groups (broad SMARTS) is 1. The van der Waals surface area contributed by atoms with Gasteiger partial charge < -0.3 is 10.0 Å². The lowest BCUT2D eigenvalue weighted by molar-refractivity contribution is -0.143. The number of hydrogen-bond donors (Lipinski definition) is 1. The van der Waals surface area contributed by atoms with Crippen LogP contribution in [0.25, 0.3) is 0 Å². The molecule has 2 rings (SSSR count). The standard InChI is InChI=1S/C14H14BrF2NO3/c1-7-2-8(14(20)21)6-18(5-7)13(19)12-10(16)3-9(15)4-11(12)17/h3-4,7-8H,2,5-6H2,1H3,(H,20,21). The summed E-state index contributed by atoms with van der Waals surface area (Å²) in [6, 6.07) is 2.02. The van der Waals surface area contributed by atoms with Gasteiger partial charge in [0.05, 0.1) is 5.92 Å². The third-order valence-electron chi connectivity index (χ3n) is 3.52. The Morgan fingerprint density at radius 2 is 1.86 bits per heavy atom. The van der Waals surface area contributed by atoms with Crippen molar-refractivity contribution in [3.05, 3.63) is 33.8 Å². The normalized spacial score (nSPS) is 22.2. The second-order valence-corrected chi connectivity index (χ2v) is 6.25. The molecule has 114 valence electrons. The van der Waals surface area contributed by atoms with Gasteiger partial charge in [-0.05, 0) is 24.5 Å². The van der Waals surface area contributed by atoms with Gasteiger partial charge in [0.25, 0.3) is 5.91 Å². The zero-order valence-corrected chi connectivity index (χ0v) is 12.9. The van der Waals surface area contributed by atoms with Crippen molar-refractivity contribution in [1.29, 1.82) is 0 Å². The number of carboxylic acids is 1. The van der Waals surface area contributed by atoms with Crippen LogP contribution < -0.4 is 0 Å². The average Bonchev–Trinajstić information content (AvgIpc) is 2.36. The number of nitrogens with zero attached hydrogens (tertiary/aromatic N) is 1. The number of halogens is 3. The molecule has 0 aliphatic carbocycles. The molecule has 1 fully saturated rings. The molecule has 1 N–H and O–H groups in total. The summed E-state index contributed by atoms with van der Waals surface area (Å²) in [5.74, 6) is -4.48. The number of benzene rings is 1. The predicted octanol–water partition coefficient (Wildman–Crippen LogP) is 2.91. The number of rotatable bonds is 2. The molecule has 4 nitrogen and oxygen atoms in total. The van der Waals surface area contributed by atoms with E-state index in [0.717, 1.165) is 12.1 Å². The molecule has 1 heterocycles. The molecule has 1 aliphatic rings. The van der Waals surface area contributed by atoms with E-state index < -0.39 is 35.0 Å². The Labute approximate surface area is 128 Å². The van der Waals surface area contributed by atoms with Crippen LogP contribution in [0.3, 0.4) is 0 Å². The van der Waals surface area contributed by atoms with Crippen LogP contribution in [0.5, 0.6) is 0 Å². The average molecular weight is 362 g/mol. The number of aliphatic carboxylic acids is 1. The first-order valence-corrected chi connectivity index (χ1v) is 7.25. The highest BCUT2D eigenvalue weighted by molar-refractivity contribution is 9.10. The summed E-state index contributed by atoms with van der Waals surface area (Å²) >= 11 is 2.95. The van der Waals surface area contributed by atoms with Gasteiger partial charge in [-0.25, -0.2) is 8.78 Å². The minimum Gasteiger partial charge on any atom is -0.481 e. The van der Waals surface area contributed by atoms with Gasteiger partial charge in [0, 0.05) is 17.6 Å². The first-order valence-electron chi connectivity index (χ1n) is 6.46. The lowest BCUT2D eigenvalue weighted by atomic mass is 9.90. The van der Waals surface area contributed by atoms with Crippen molar-refractivity contribution in [2.75, 3.05) is 13.1 Å². The van der Waals surface area contributed by atoms with Crippen molar-refractivity contribution < 1.29 is 23.5 Å². The molecule has 7 heteroatoms. The van der Waals surface area contributed by atoms with Crippen molar-refractivity contribution in [2.24, 2.45) is 11.8 Å². The number of amides is 1. The molecule has 2 atom stereocenters. The molecule has 0 radical (unpaired) electrons. The Bertz CT molecular complexity index is 571. The molecule has 1 aromatic rings. The molecular formula is C14H14BrF2NO3. The van der Waals surface area contributed by atoms with Crippen LogP contribution >= 0.6 is 15.9 Å². The summed E-state index contributed by atoms with van der Waals surface area (Å²) in [7, 11) is 0. The number of hydrogen-bond acceptors (Lipinski definition) is 2. The second kappa shape index (κ2) is 6.09. The van der Waals surface area contributed by atoms with Crippen molar-refractivity contribution >= 4 is 27.8 Å². The predicted molar refractivity (Wildman–Crippen MR) is 74.9 cm³/mol. The first kappa shape index (κ1) is 15.9. The Kier molecular flexibility index (Phi) is 4.61. The van der Waals surface area contributed by atoms with E-state index in [4.69, 9.17) is 5.11 Å². The largest absolute Gasteiger partial charge is 0.481 e. The molecule has 1 amide bonds. The van der Waals surface area contributed by atoms with Gasteiger partial charge in [0.1, 0.15) is 17.2 Å². The fourth-order valence-electron chi connectivity index (χ4n) is 2.60. The Balaban J connectivity index is 2.29. The fourth-order valence-corrected chi connectivity index (χ4v) is 3.00. The minimum absolute atomic E-state index is 0.0343. The van der Waals surface area contributed by atoms with Crippen LogP contribution in [0.2, 0.25) is 0 Å². The zero-order valence-electron chi connectivity index (χ0n) is 11.3. The van der Waals surface area contributed by atoms with Gasteiger partial charge in [0.2, 0.25) is 0 Å². The van der Waals surface area contributed by atoms with Crippen molar-refractivity contribution in [3.63, 3.8) is 0 Å². The highest BCUT2D eigenvalue weighted by Gasteiger charge is 2.34. The van der Waals surface area contributed by atoms with Crippen LogP contribution in [-0.2, 0) is 4.79 Å². The molecule has 1 saturated heterocycles. The monoisotopic (exact) mass is 361 g/mol. The molecule has 0 bridgehead atoms. The maximum Gasteiger partial charge on any atom is 0.308 e. The maximum atomic E-state index is 13.8. The molecule has 1 aromatic carbocycles. The van der Waals surface area contributed by atoms with Gasteiger partial charge in [-0.1, -0.05) is 22.9 Å². The minimum atomic E-state index is -1.00. The molecule has 0 saturated carbocycles. The van der Waals surface area contributed by atoms with Gasteiger partial charge >= 0.3 is 5.97 Å². The third kappa shape index (κ3) is 3.40. The molecule has 0 aromatic heterocycles. The quantitative estimate of drug-likeness (QED) is 0.880. The van der Waals surface area contributed by atoms with E-state index >= 15 is 0 Å². The van der Waals surface area contributed by atoms with E-state index in [2.05, 4.69) is 15.9 Å².